The van der Waals surface area contributed by atoms with Gasteiger partial charge >= 0.3 is 12.1 Å². The molecule has 2 N–H and O–H groups in total. The maximum Gasteiger partial charge on any atom is 0.490 e. The van der Waals surface area contributed by atoms with E-state index >= 15 is 0 Å². The Labute approximate surface area is 167 Å². The van der Waals surface area contributed by atoms with E-state index in [4.69, 9.17) is 19.4 Å². The van der Waals surface area contributed by atoms with Crippen molar-refractivity contribution in [2.24, 2.45) is 0 Å². The second-order valence-corrected chi connectivity index (χ2v) is 6.80. The summed E-state index contributed by atoms with van der Waals surface area (Å²) in [5.74, 6) is -1.13. The number of nitrogens with one attached hydrogen (secondary N) is 1. The van der Waals surface area contributed by atoms with Crippen molar-refractivity contribution in [1.29, 1.82) is 0 Å². The van der Waals surface area contributed by atoms with Crippen molar-refractivity contribution in [3.8, 4) is 5.75 Å². The zero-order valence-corrected chi connectivity index (χ0v) is 15.7. The molecule has 1 fully saturated rings. The zero-order chi connectivity index (χ0) is 20.9. The molecule has 0 bridgehead atoms. The van der Waals surface area contributed by atoms with Crippen molar-refractivity contribution < 1.29 is 32.5 Å². The van der Waals surface area contributed by atoms with Crippen LogP contribution in [0.2, 0.25) is 0 Å². The molecule has 7 nitrogen and oxygen atoms in total. The lowest BCUT2D eigenvalue weighted by molar-refractivity contribution is -0.192. The summed E-state index contributed by atoms with van der Waals surface area (Å²) in [6, 6.07) is 9.90. The van der Waals surface area contributed by atoms with Gasteiger partial charge < -0.3 is 19.9 Å². The van der Waals surface area contributed by atoms with Crippen molar-refractivity contribution in [1.82, 2.24) is 9.97 Å². The molecule has 3 aromatic rings. The average Bonchev–Trinajstić information content (AvgIpc) is 3.35. The van der Waals surface area contributed by atoms with Gasteiger partial charge in [-0.15, -0.1) is 11.3 Å². The molecule has 1 saturated heterocycles. The molecule has 0 spiro atoms. The fraction of sp³-hybridized carbons (Fsp3) is 0.278. The number of thiophene rings is 1. The van der Waals surface area contributed by atoms with Crippen LogP contribution in [-0.2, 0) is 9.53 Å². The Morgan fingerprint density at radius 2 is 2.03 bits per heavy atom. The molecule has 0 saturated carbocycles. The molecule has 29 heavy (non-hydrogen) atoms. The Kier molecular flexibility index (Phi) is 6.49. The maximum absolute atomic E-state index is 10.6. The second kappa shape index (κ2) is 9.05. The van der Waals surface area contributed by atoms with Crippen molar-refractivity contribution in [3.63, 3.8) is 0 Å². The first kappa shape index (κ1) is 20.8. The number of carbonyl (C=O) groups is 1. The molecule has 11 heteroatoms. The monoisotopic (exact) mass is 427 g/mol. The number of fused-ring (bicyclic) bond motifs is 1. The van der Waals surface area contributed by atoms with E-state index in [1.54, 1.807) is 17.7 Å². The topological polar surface area (TPSA) is 93.6 Å². The number of halogens is 3. The van der Waals surface area contributed by atoms with Gasteiger partial charge in [0.1, 0.15) is 18.2 Å². The van der Waals surface area contributed by atoms with Crippen LogP contribution in [0.25, 0.3) is 10.2 Å². The lowest BCUT2D eigenvalue weighted by Gasteiger charge is -2.16. The number of rotatable bonds is 4. The Balaban J connectivity index is 0.000000298. The van der Waals surface area contributed by atoms with E-state index in [1.807, 2.05) is 35.7 Å². The molecule has 1 unspecified atom stereocenters. The van der Waals surface area contributed by atoms with E-state index in [0.29, 0.717) is 6.61 Å². The van der Waals surface area contributed by atoms with Gasteiger partial charge in [-0.1, -0.05) is 12.1 Å². The molecule has 1 aromatic carbocycles. The van der Waals surface area contributed by atoms with Gasteiger partial charge in [0.25, 0.3) is 0 Å². The first-order valence-electron chi connectivity index (χ1n) is 8.43. The molecule has 1 atom stereocenters. The second-order valence-electron chi connectivity index (χ2n) is 5.88. The van der Waals surface area contributed by atoms with Gasteiger partial charge in [-0.05, 0) is 23.6 Å². The van der Waals surface area contributed by atoms with Gasteiger partial charge in [0.2, 0.25) is 0 Å². The minimum absolute atomic E-state index is 0.120. The number of para-hydroxylation sites is 2. The summed E-state index contributed by atoms with van der Waals surface area (Å²) < 4.78 is 44.2. The molecular weight excluding hydrogens is 411 g/mol. The van der Waals surface area contributed by atoms with Gasteiger partial charge in [0.05, 0.1) is 29.1 Å². The van der Waals surface area contributed by atoms with Crippen molar-refractivity contribution >= 4 is 39.0 Å². The zero-order valence-electron chi connectivity index (χ0n) is 14.8. The van der Waals surface area contributed by atoms with E-state index in [2.05, 4.69) is 15.3 Å². The highest BCUT2D eigenvalue weighted by Gasteiger charge is 2.38. The van der Waals surface area contributed by atoms with Crippen LogP contribution >= 0.6 is 11.3 Å². The van der Waals surface area contributed by atoms with Crippen LogP contribution in [0, 0.1) is 0 Å². The van der Waals surface area contributed by atoms with E-state index < -0.39 is 12.1 Å². The number of ether oxygens (including phenoxy) is 2. The van der Waals surface area contributed by atoms with Crippen LogP contribution in [0.4, 0.5) is 24.7 Å². The van der Waals surface area contributed by atoms with Gasteiger partial charge in [0, 0.05) is 6.42 Å². The number of carboxylic acids is 1. The van der Waals surface area contributed by atoms with Gasteiger partial charge in [-0.2, -0.15) is 13.2 Å². The molecule has 4 rings (SSSR count). The quantitative estimate of drug-likeness (QED) is 0.643. The normalized spacial score (nSPS) is 16.2. The maximum atomic E-state index is 10.6. The molecule has 2 aromatic heterocycles. The number of anilines is 2. The molecule has 0 radical (unpaired) electrons. The third kappa shape index (κ3) is 5.55. The fourth-order valence-electron chi connectivity index (χ4n) is 2.46. The molecule has 0 aliphatic carbocycles. The van der Waals surface area contributed by atoms with E-state index in [-0.39, 0.29) is 6.10 Å². The van der Waals surface area contributed by atoms with E-state index in [9.17, 15) is 13.2 Å². The Morgan fingerprint density at radius 3 is 2.72 bits per heavy atom. The SMILES string of the molecule is O=C(O)C(F)(F)F.c1ccc(OC2CCOC2)c(Nc2ncnc3ccsc23)c1. The van der Waals surface area contributed by atoms with Crippen molar-refractivity contribution in [2.75, 3.05) is 18.5 Å². The fourth-order valence-corrected chi connectivity index (χ4v) is 3.25. The summed E-state index contributed by atoms with van der Waals surface area (Å²) >= 11 is 1.62. The highest BCUT2D eigenvalue weighted by atomic mass is 32.1. The predicted molar refractivity (Wildman–Crippen MR) is 101 cm³/mol. The average molecular weight is 427 g/mol. The number of hydrogen-bond donors (Lipinski definition) is 2. The third-order valence-electron chi connectivity index (χ3n) is 3.81. The predicted octanol–water partition coefficient (Wildman–Crippen LogP) is 4.24. The third-order valence-corrected chi connectivity index (χ3v) is 4.72. The molecule has 0 amide bonds. The largest absolute Gasteiger partial charge is 0.490 e. The van der Waals surface area contributed by atoms with Crippen LogP contribution in [0.5, 0.6) is 5.75 Å². The highest BCUT2D eigenvalue weighted by molar-refractivity contribution is 7.17. The number of aliphatic carboxylic acids is 1. The standard InChI is InChI=1S/C16H15N3O2S.C2HF3O2/c1-2-4-14(21-11-5-7-20-9-11)12(3-1)19-16-15-13(6-8-22-15)17-10-18-16;3-2(4,5)1(6)7/h1-4,6,8,10-11H,5,7,9H2,(H,17,18,19);(H,6,7). The smallest absolute Gasteiger partial charge is 0.486 e. The van der Waals surface area contributed by atoms with Crippen LogP contribution in [-0.4, -0.2) is 46.5 Å². The molecule has 1 aliphatic rings. The molecule has 3 heterocycles. The number of carboxylic acid groups (broad SMARTS) is 1. The summed E-state index contributed by atoms with van der Waals surface area (Å²) in [6.45, 7) is 1.42. The summed E-state index contributed by atoms with van der Waals surface area (Å²) in [5.41, 5.74) is 1.85. The van der Waals surface area contributed by atoms with Crippen LogP contribution in [0.1, 0.15) is 6.42 Å². The first-order valence-corrected chi connectivity index (χ1v) is 9.31. The van der Waals surface area contributed by atoms with Gasteiger partial charge in [0.15, 0.2) is 5.82 Å². The highest BCUT2D eigenvalue weighted by Crippen LogP contribution is 2.32. The van der Waals surface area contributed by atoms with Crippen molar-refractivity contribution in [3.05, 3.63) is 42.0 Å². The minimum Gasteiger partial charge on any atom is -0.486 e. The summed E-state index contributed by atoms with van der Waals surface area (Å²) in [7, 11) is 0. The molecule has 1 aliphatic heterocycles. The van der Waals surface area contributed by atoms with Crippen LogP contribution in [0.3, 0.4) is 0 Å². The lowest BCUT2D eigenvalue weighted by atomic mass is 10.2. The minimum atomic E-state index is -5.08. The Morgan fingerprint density at radius 1 is 1.28 bits per heavy atom. The van der Waals surface area contributed by atoms with Gasteiger partial charge in [-0.3, -0.25) is 0 Å². The van der Waals surface area contributed by atoms with E-state index in [0.717, 1.165) is 40.5 Å². The number of nitrogens with zero attached hydrogens (tertiary/aromatic N) is 2. The van der Waals surface area contributed by atoms with Crippen molar-refractivity contribution in [2.45, 2.75) is 18.7 Å². The van der Waals surface area contributed by atoms with Crippen LogP contribution < -0.4 is 10.1 Å². The lowest BCUT2D eigenvalue weighted by Crippen LogP contribution is -2.21. The molecular formula is C18H16F3N3O4S. The summed E-state index contributed by atoms with van der Waals surface area (Å²) in [4.78, 5) is 17.5. The Hall–Kier alpha value is -2.92. The first-order chi connectivity index (χ1) is 13.8. The van der Waals surface area contributed by atoms with Crippen LogP contribution in [0.15, 0.2) is 42.0 Å². The molecule has 154 valence electrons. The summed E-state index contributed by atoms with van der Waals surface area (Å²) in [6.07, 6.45) is -2.46. The summed E-state index contributed by atoms with van der Waals surface area (Å²) in [5, 5.41) is 12.5. The Bertz CT molecular complexity index is 974. The number of alkyl halides is 3. The van der Waals surface area contributed by atoms with E-state index in [1.165, 1.54) is 0 Å². The van der Waals surface area contributed by atoms with Gasteiger partial charge in [-0.25, -0.2) is 14.8 Å². The number of aromatic nitrogens is 2. The number of benzene rings is 1. The number of hydrogen-bond acceptors (Lipinski definition) is 7.